The fraction of sp³-hybridized carbons (Fsp3) is 0.429. The molecule has 1 aliphatic heterocycles. The van der Waals surface area contributed by atoms with E-state index in [1.165, 1.54) is 12.8 Å². The lowest BCUT2D eigenvalue weighted by molar-refractivity contribution is 0.210. The van der Waals surface area contributed by atoms with Gasteiger partial charge in [0.1, 0.15) is 5.75 Å². The maximum absolute atomic E-state index is 13.0. The van der Waals surface area contributed by atoms with Gasteiger partial charge in [0.15, 0.2) is 0 Å². The van der Waals surface area contributed by atoms with E-state index in [4.69, 9.17) is 4.74 Å². The van der Waals surface area contributed by atoms with Crippen molar-refractivity contribution in [2.45, 2.75) is 36.7 Å². The van der Waals surface area contributed by atoms with Crippen LogP contribution in [0.25, 0.3) is 0 Å². The van der Waals surface area contributed by atoms with E-state index in [1.54, 1.807) is 28.6 Å². The number of anilines is 1. The Morgan fingerprint density at radius 1 is 0.815 bits per heavy atom. The number of hydrogen-bond acceptors (Lipinski definition) is 4. The summed E-state index contributed by atoms with van der Waals surface area (Å²) in [6.45, 7) is 2.40. The maximum atomic E-state index is 13.0. The van der Waals surface area contributed by atoms with E-state index >= 15 is 0 Å². The van der Waals surface area contributed by atoms with Crippen molar-refractivity contribution in [2.75, 3.05) is 31.1 Å². The summed E-state index contributed by atoms with van der Waals surface area (Å²) in [4.78, 5) is 2.57. The zero-order chi connectivity index (χ0) is 18.7. The molecule has 2 aromatic rings. The van der Waals surface area contributed by atoms with Crippen molar-refractivity contribution in [3.8, 4) is 5.75 Å². The minimum Gasteiger partial charge on any atom is -0.490 e. The highest BCUT2D eigenvalue weighted by Crippen LogP contribution is 2.26. The van der Waals surface area contributed by atoms with Gasteiger partial charge in [-0.1, -0.05) is 18.2 Å². The van der Waals surface area contributed by atoms with Crippen LogP contribution in [-0.2, 0) is 10.0 Å². The quantitative estimate of drug-likeness (QED) is 0.789. The van der Waals surface area contributed by atoms with E-state index in [0.29, 0.717) is 31.1 Å². The third-order valence-electron chi connectivity index (χ3n) is 5.43. The highest BCUT2D eigenvalue weighted by atomic mass is 32.2. The van der Waals surface area contributed by atoms with Gasteiger partial charge in [0, 0.05) is 31.9 Å². The summed E-state index contributed by atoms with van der Waals surface area (Å²) in [5.74, 6) is 0.759. The van der Waals surface area contributed by atoms with E-state index in [9.17, 15) is 8.42 Å². The van der Waals surface area contributed by atoms with Crippen LogP contribution < -0.4 is 9.64 Å². The summed E-state index contributed by atoms with van der Waals surface area (Å²) in [6, 6.07) is 17.0. The second-order valence-corrected chi connectivity index (χ2v) is 9.16. The molecule has 0 amide bonds. The minimum atomic E-state index is -3.46. The monoisotopic (exact) mass is 386 g/mol. The van der Waals surface area contributed by atoms with E-state index < -0.39 is 10.0 Å². The first-order valence-electron chi connectivity index (χ1n) is 9.70. The number of para-hydroxylation sites is 1. The largest absolute Gasteiger partial charge is 0.490 e. The zero-order valence-corrected chi connectivity index (χ0v) is 16.3. The molecule has 2 aliphatic rings. The molecule has 4 rings (SSSR count). The first-order chi connectivity index (χ1) is 13.1. The predicted molar refractivity (Wildman–Crippen MR) is 107 cm³/mol. The number of rotatable bonds is 5. The van der Waals surface area contributed by atoms with Crippen molar-refractivity contribution in [1.82, 2.24) is 4.31 Å². The molecule has 2 fully saturated rings. The zero-order valence-electron chi connectivity index (χ0n) is 15.5. The molecule has 27 heavy (non-hydrogen) atoms. The Hall–Kier alpha value is -2.05. The molecule has 0 aromatic heterocycles. The molecule has 0 bridgehead atoms. The number of benzene rings is 2. The van der Waals surface area contributed by atoms with E-state index in [1.807, 2.05) is 18.2 Å². The Bertz CT molecular complexity index is 839. The van der Waals surface area contributed by atoms with Gasteiger partial charge in [0.2, 0.25) is 10.0 Å². The second-order valence-electron chi connectivity index (χ2n) is 7.22. The molecule has 1 saturated heterocycles. The van der Waals surface area contributed by atoms with Crippen molar-refractivity contribution >= 4 is 15.7 Å². The van der Waals surface area contributed by atoms with Gasteiger partial charge in [-0.2, -0.15) is 4.31 Å². The van der Waals surface area contributed by atoms with E-state index in [2.05, 4.69) is 17.0 Å². The molecule has 2 aromatic carbocycles. The summed E-state index contributed by atoms with van der Waals surface area (Å²) in [7, 11) is -3.46. The third kappa shape index (κ3) is 4.12. The van der Waals surface area contributed by atoms with Crippen LogP contribution in [0.1, 0.15) is 25.7 Å². The first kappa shape index (κ1) is 18.3. The van der Waals surface area contributed by atoms with Crippen molar-refractivity contribution in [1.29, 1.82) is 0 Å². The Balaban J connectivity index is 1.39. The minimum absolute atomic E-state index is 0.276. The molecule has 1 aliphatic carbocycles. The molecule has 144 valence electrons. The molecule has 5 nitrogen and oxygen atoms in total. The lowest BCUT2D eigenvalue weighted by Gasteiger charge is -2.35. The average Bonchev–Trinajstić information content (AvgIpc) is 3.22. The summed E-state index contributed by atoms with van der Waals surface area (Å²) < 4.78 is 33.4. The lowest BCUT2D eigenvalue weighted by Crippen LogP contribution is -2.48. The van der Waals surface area contributed by atoms with Crippen LogP contribution in [0.4, 0.5) is 5.69 Å². The van der Waals surface area contributed by atoms with Crippen molar-refractivity contribution in [3.05, 3.63) is 54.6 Å². The fourth-order valence-corrected chi connectivity index (χ4v) is 5.29. The Labute approximate surface area is 161 Å². The molecule has 0 atom stereocenters. The van der Waals surface area contributed by atoms with Crippen LogP contribution in [0.15, 0.2) is 59.5 Å². The smallest absolute Gasteiger partial charge is 0.243 e. The molecule has 0 unspecified atom stereocenters. The van der Waals surface area contributed by atoms with Gasteiger partial charge < -0.3 is 9.64 Å². The van der Waals surface area contributed by atoms with Gasteiger partial charge >= 0.3 is 0 Å². The highest BCUT2D eigenvalue weighted by Gasteiger charge is 2.28. The lowest BCUT2D eigenvalue weighted by atomic mass is 10.2. The normalized spacial score (nSPS) is 19.3. The van der Waals surface area contributed by atoms with Gasteiger partial charge in [-0.25, -0.2) is 8.42 Å². The van der Waals surface area contributed by atoms with E-state index in [0.717, 1.165) is 24.3 Å². The average molecular weight is 387 g/mol. The molecule has 0 N–H and O–H groups in total. The van der Waals surface area contributed by atoms with Gasteiger partial charge in [-0.3, -0.25) is 0 Å². The first-order valence-corrected chi connectivity index (χ1v) is 11.1. The van der Waals surface area contributed by atoms with Crippen LogP contribution in [0, 0.1) is 0 Å². The highest BCUT2D eigenvalue weighted by molar-refractivity contribution is 7.89. The predicted octanol–water partition coefficient (Wildman–Crippen LogP) is 3.52. The molecule has 0 radical (unpaired) electrons. The number of sulfonamides is 1. The molecular formula is C21H26N2O3S. The Kier molecular flexibility index (Phi) is 5.36. The number of hydrogen-bond donors (Lipinski definition) is 0. The second kappa shape index (κ2) is 7.90. The van der Waals surface area contributed by atoms with Crippen LogP contribution in [0.2, 0.25) is 0 Å². The van der Waals surface area contributed by atoms with Crippen molar-refractivity contribution < 1.29 is 13.2 Å². The summed E-state index contributed by atoms with van der Waals surface area (Å²) in [5.41, 5.74) is 1.14. The summed E-state index contributed by atoms with van der Waals surface area (Å²) in [5, 5.41) is 0. The topological polar surface area (TPSA) is 49.9 Å². The molecular weight excluding hydrogens is 360 g/mol. The number of ether oxygens (including phenoxy) is 1. The summed E-state index contributed by atoms with van der Waals surface area (Å²) >= 11 is 0. The molecule has 1 heterocycles. The van der Waals surface area contributed by atoms with Gasteiger partial charge in [0.25, 0.3) is 0 Å². The van der Waals surface area contributed by atoms with Crippen molar-refractivity contribution in [2.24, 2.45) is 0 Å². The van der Waals surface area contributed by atoms with Crippen molar-refractivity contribution in [3.63, 3.8) is 0 Å². The van der Waals surface area contributed by atoms with Crippen LogP contribution in [0.3, 0.4) is 0 Å². The van der Waals surface area contributed by atoms with Crippen LogP contribution >= 0.6 is 0 Å². The molecule has 0 spiro atoms. The number of piperazine rings is 1. The van der Waals surface area contributed by atoms with Gasteiger partial charge in [-0.15, -0.1) is 0 Å². The summed E-state index contributed by atoms with van der Waals surface area (Å²) in [6.07, 6.45) is 4.88. The maximum Gasteiger partial charge on any atom is 0.243 e. The fourth-order valence-electron chi connectivity index (χ4n) is 3.86. The standard InChI is InChI=1S/C21H26N2O3S/c24-27(25,21-12-10-20(11-13-21)26-19-8-4-5-9-19)23-16-14-22(15-17-23)18-6-2-1-3-7-18/h1-3,6-7,10-13,19H,4-5,8-9,14-17H2. The molecule has 1 saturated carbocycles. The van der Waals surface area contributed by atoms with Crippen LogP contribution in [0.5, 0.6) is 5.75 Å². The number of nitrogens with zero attached hydrogens (tertiary/aromatic N) is 2. The van der Waals surface area contributed by atoms with Gasteiger partial charge in [0.05, 0.1) is 11.0 Å². The Morgan fingerprint density at radius 2 is 1.44 bits per heavy atom. The van der Waals surface area contributed by atoms with Crippen LogP contribution in [-0.4, -0.2) is 45.0 Å². The third-order valence-corrected chi connectivity index (χ3v) is 7.34. The molecule has 6 heteroatoms. The van der Waals surface area contributed by atoms with Gasteiger partial charge in [-0.05, 0) is 62.1 Å². The SMILES string of the molecule is O=S(=O)(c1ccc(OC2CCCC2)cc1)N1CCN(c2ccccc2)CC1. The Morgan fingerprint density at radius 3 is 2.07 bits per heavy atom. The van der Waals surface area contributed by atoms with E-state index in [-0.39, 0.29) is 6.10 Å².